The van der Waals surface area contributed by atoms with Gasteiger partial charge in [0.25, 0.3) is 0 Å². The number of aryl methyl sites for hydroxylation is 2. The maximum Gasteiger partial charge on any atom is 0.219 e. The lowest BCUT2D eigenvalue weighted by Crippen LogP contribution is -2.16. The van der Waals surface area contributed by atoms with Crippen molar-refractivity contribution in [1.29, 1.82) is 0 Å². The molecule has 0 aliphatic heterocycles. The lowest BCUT2D eigenvalue weighted by Gasteiger charge is -2.10. The molecular weight excluding hydrogens is 250 g/mol. The maximum atomic E-state index is 5.79. The molecule has 4 heteroatoms. The van der Waals surface area contributed by atoms with E-state index in [1.807, 2.05) is 32.0 Å². The minimum atomic E-state index is 0.619. The number of nitrogens with zero attached hydrogens (tertiary/aromatic N) is 2. The number of aromatic nitrogens is 2. The highest BCUT2D eigenvalue weighted by molar-refractivity contribution is 5.32. The number of pyridine rings is 2. The summed E-state index contributed by atoms with van der Waals surface area (Å²) in [6, 6.07) is 8.48. The molecule has 0 atom stereocenters. The first-order valence-corrected chi connectivity index (χ1v) is 7.02. The van der Waals surface area contributed by atoms with Gasteiger partial charge in [0, 0.05) is 30.5 Å². The van der Waals surface area contributed by atoms with E-state index in [0.717, 1.165) is 23.7 Å². The van der Waals surface area contributed by atoms with Crippen LogP contribution in [0.4, 0.5) is 0 Å². The second kappa shape index (κ2) is 5.59. The third-order valence-electron chi connectivity index (χ3n) is 3.50. The highest BCUT2D eigenvalue weighted by Gasteiger charge is 2.20. The highest BCUT2D eigenvalue weighted by Crippen LogP contribution is 2.23. The first-order chi connectivity index (χ1) is 9.72. The van der Waals surface area contributed by atoms with E-state index in [4.69, 9.17) is 4.74 Å². The quantitative estimate of drug-likeness (QED) is 0.906. The molecule has 0 saturated heterocycles. The van der Waals surface area contributed by atoms with Crippen LogP contribution in [0.25, 0.3) is 0 Å². The van der Waals surface area contributed by atoms with Gasteiger partial charge in [0.1, 0.15) is 0 Å². The van der Waals surface area contributed by atoms with Gasteiger partial charge in [-0.3, -0.25) is 4.98 Å². The van der Waals surface area contributed by atoms with E-state index in [1.54, 1.807) is 6.20 Å². The Labute approximate surface area is 119 Å². The Balaban J connectivity index is 1.71. The molecule has 0 radical (unpaired) electrons. The molecule has 1 saturated carbocycles. The van der Waals surface area contributed by atoms with Gasteiger partial charge in [-0.2, -0.15) is 0 Å². The fraction of sp³-hybridized carbons (Fsp3) is 0.375. The molecule has 3 rings (SSSR count). The summed E-state index contributed by atoms with van der Waals surface area (Å²) in [5.74, 6) is 1.37. The zero-order valence-electron chi connectivity index (χ0n) is 11.9. The van der Waals surface area contributed by atoms with Crippen molar-refractivity contribution >= 4 is 0 Å². The summed E-state index contributed by atoms with van der Waals surface area (Å²) in [4.78, 5) is 8.73. The van der Waals surface area contributed by atoms with Gasteiger partial charge in [0.2, 0.25) is 5.88 Å². The minimum Gasteiger partial charge on any atom is -0.437 e. The molecule has 2 heterocycles. The molecule has 2 aromatic heterocycles. The third kappa shape index (κ3) is 3.14. The Hall–Kier alpha value is -1.94. The van der Waals surface area contributed by atoms with Crippen LogP contribution in [-0.4, -0.2) is 16.0 Å². The molecule has 4 nitrogen and oxygen atoms in total. The highest BCUT2D eigenvalue weighted by atomic mass is 16.5. The molecule has 1 aliphatic rings. The van der Waals surface area contributed by atoms with Crippen LogP contribution in [0.15, 0.2) is 30.5 Å². The topological polar surface area (TPSA) is 47.0 Å². The molecule has 0 amide bonds. The maximum absolute atomic E-state index is 5.79. The van der Waals surface area contributed by atoms with E-state index in [0.29, 0.717) is 11.9 Å². The molecule has 2 aromatic rings. The molecule has 1 aliphatic carbocycles. The number of hydrogen-bond donors (Lipinski definition) is 1. The first kappa shape index (κ1) is 13.1. The number of nitrogens with one attached hydrogen (secondary N) is 1. The second-order valence-electron chi connectivity index (χ2n) is 5.24. The van der Waals surface area contributed by atoms with Crippen LogP contribution in [0.1, 0.15) is 29.8 Å². The minimum absolute atomic E-state index is 0.619. The molecule has 1 N–H and O–H groups in total. The van der Waals surface area contributed by atoms with Crippen LogP contribution in [0.5, 0.6) is 11.6 Å². The lowest BCUT2D eigenvalue weighted by atomic mass is 10.2. The first-order valence-electron chi connectivity index (χ1n) is 7.02. The van der Waals surface area contributed by atoms with E-state index in [1.165, 1.54) is 18.4 Å². The van der Waals surface area contributed by atoms with Gasteiger partial charge in [0.15, 0.2) is 5.75 Å². The van der Waals surface area contributed by atoms with Crippen molar-refractivity contribution in [2.75, 3.05) is 0 Å². The molecule has 0 unspecified atom stereocenters. The van der Waals surface area contributed by atoms with Gasteiger partial charge in [-0.15, -0.1) is 0 Å². The molecular formula is C16H19N3O. The fourth-order valence-electron chi connectivity index (χ4n) is 2.04. The molecule has 104 valence electrons. The largest absolute Gasteiger partial charge is 0.437 e. The normalized spacial score (nSPS) is 14.3. The summed E-state index contributed by atoms with van der Waals surface area (Å²) in [6.07, 6.45) is 4.36. The standard InChI is InChI=1S/C16H19N3O/c1-11-13(10-18-14-6-7-14)5-8-16(19-11)20-15-4-3-9-17-12(15)2/h3-5,8-9,14,18H,6-7,10H2,1-2H3. The van der Waals surface area contributed by atoms with Crippen LogP contribution >= 0.6 is 0 Å². The van der Waals surface area contributed by atoms with E-state index >= 15 is 0 Å². The van der Waals surface area contributed by atoms with Crippen molar-refractivity contribution in [1.82, 2.24) is 15.3 Å². The molecule has 20 heavy (non-hydrogen) atoms. The second-order valence-corrected chi connectivity index (χ2v) is 5.24. The van der Waals surface area contributed by atoms with Crippen molar-refractivity contribution < 1.29 is 4.74 Å². The Kier molecular flexibility index (Phi) is 3.65. The summed E-state index contributed by atoms with van der Waals surface area (Å²) in [7, 11) is 0. The van der Waals surface area contributed by atoms with Crippen LogP contribution in [-0.2, 0) is 6.54 Å². The monoisotopic (exact) mass is 269 g/mol. The zero-order valence-corrected chi connectivity index (χ0v) is 11.9. The SMILES string of the molecule is Cc1nc(Oc2cccnc2C)ccc1CNC1CC1. The van der Waals surface area contributed by atoms with Gasteiger partial charge in [-0.05, 0) is 44.4 Å². The Morgan fingerprint density at radius 1 is 1.20 bits per heavy atom. The van der Waals surface area contributed by atoms with Crippen molar-refractivity contribution in [2.24, 2.45) is 0 Å². The van der Waals surface area contributed by atoms with E-state index in [2.05, 4.69) is 21.4 Å². The smallest absolute Gasteiger partial charge is 0.219 e. The van der Waals surface area contributed by atoms with Gasteiger partial charge in [0.05, 0.1) is 5.69 Å². The number of rotatable bonds is 5. The Morgan fingerprint density at radius 3 is 2.75 bits per heavy atom. The van der Waals surface area contributed by atoms with Crippen molar-refractivity contribution in [3.63, 3.8) is 0 Å². The fourth-order valence-corrected chi connectivity index (χ4v) is 2.04. The van der Waals surface area contributed by atoms with Crippen LogP contribution in [0.3, 0.4) is 0 Å². The molecule has 1 fully saturated rings. The summed E-state index contributed by atoms with van der Waals surface area (Å²) >= 11 is 0. The van der Waals surface area contributed by atoms with E-state index < -0.39 is 0 Å². The average Bonchev–Trinajstić information content (AvgIpc) is 3.25. The van der Waals surface area contributed by atoms with Gasteiger partial charge in [-0.25, -0.2) is 4.98 Å². The third-order valence-corrected chi connectivity index (χ3v) is 3.50. The number of ether oxygens (including phenoxy) is 1. The average molecular weight is 269 g/mol. The predicted molar refractivity (Wildman–Crippen MR) is 77.9 cm³/mol. The summed E-state index contributed by atoms with van der Waals surface area (Å²) in [5.41, 5.74) is 3.11. The Morgan fingerprint density at radius 2 is 2.05 bits per heavy atom. The summed E-state index contributed by atoms with van der Waals surface area (Å²) < 4.78 is 5.79. The van der Waals surface area contributed by atoms with Crippen molar-refractivity contribution in [2.45, 2.75) is 39.3 Å². The van der Waals surface area contributed by atoms with Crippen LogP contribution < -0.4 is 10.1 Å². The number of hydrogen-bond acceptors (Lipinski definition) is 4. The summed E-state index contributed by atoms with van der Waals surface area (Å²) in [6.45, 7) is 4.83. The van der Waals surface area contributed by atoms with E-state index in [-0.39, 0.29) is 0 Å². The van der Waals surface area contributed by atoms with Crippen molar-refractivity contribution in [3.8, 4) is 11.6 Å². The Bertz CT molecular complexity index is 608. The molecule has 0 bridgehead atoms. The van der Waals surface area contributed by atoms with Gasteiger partial charge in [-0.1, -0.05) is 6.07 Å². The van der Waals surface area contributed by atoms with Gasteiger partial charge >= 0.3 is 0 Å². The van der Waals surface area contributed by atoms with Crippen LogP contribution in [0, 0.1) is 13.8 Å². The van der Waals surface area contributed by atoms with Crippen LogP contribution in [0.2, 0.25) is 0 Å². The lowest BCUT2D eigenvalue weighted by molar-refractivity contribution is 0.454. The molecule has 0 spiro atoms. The zero-order chi connectivity index (χ0) is 13.9. The van der Waals surface area contributed by atoms with Gasteiger partial charge < -0.3 is 10.1 Å². The molecule has 0 aromatic carbocycles. The van der Waals surface area contributed by atoms with Crippen molar-refractivity contribution in [3.05, 3.63) is 47.4 Å². The predicted octanol–water partition coefficient (Wildman–Crippen LogP) is 3.14. The summed E-state index contributed by atoms with van der Waals surface area (Å²) in [5, 5.41) is 3.50. The van der Waals surface area contributed by atoms with E-state index in [9.17, 15) is 0 Å².